The molecule has 2 heterocycles. The third kappa shape index (κ3) is 3.29. The smallest absolute Gasteiger partial charge is 0.399 e. The van der Waals surface area contributed by atoms with Crippen molar-refractivity contribution < 1.29 is 18.8 Å². The number of hydrogen-bond donors (Lipinski definition) is 1. The Labute approximate surface area is 137 Å². The first-order valence-corrected chi connectivity index (χ1v) is 8.13. The first-order chi connectivity index (χ1) is 10.8. The summed E-state index contributed by atoms with van der Waals surface area (Å²) in [6.45, 7) is 9.41. The topological polar surface area (TPSA) is 56.8 Å². The van der Waals surface area contributed by atoms with Gasteiger partial charge in [-0.1, -0.05) is 12.1 Å². The molecule has 1 aromatic carbocycles. The normalized spacial score (nSPS) is 25.6. The van der Waals surface area contributed by atoms with E-state index in [4.69, 9.17) is 14.0 Å². The monoisotopic (exact) mass is 317 g/mol. The Kier molecular flexibility index (Phi) is 4.25. The maximum atomic E-state index is 12.2. The van der Waals surface area contributed by atoms with E-state index in [0.717, 1.165) is 11.9 Å². The summed E-state index contributed by atoms with van der Waals surface area (Å²) in [5.74, 6) is -0.0685. The Morgan fingerprint density at radius 1 is 1.13 bits per heavy atom. The predicted molar refractivity (Wildman–Crippen MR) is 88.8 cm³/mol. The molecule has 1 atom stereocenters. The molecule has 2 aliphatic heterocycles. The molecule has 0 aliphatic carbocycles. The van der Waals surface area contributed by atoms with E-state index in [2.05, 4.69) is 5.32 Å². The SMILES string of the molecule is CC1(C)OB(c2ccc(C(=O)N[C@@H]3CCOC3)cc2)OC1(C)C. The van der Waals surface area contributed by atoms with Crippen molar-refractivity contribution in [3.05, 3.63) is 29.8 Å². The van der Waals surface area contributed by atoms with Crippen molar-refractivity contribution in [3.63, 3.8) is 0 Å². The van der Waals surface area contributed by atoms with Crippen LogP contribution in [0.4, 0.5) is 0 Å². The van der Waals surface area contributed by atoms with Crippen LogP contribution in [0.25, 0.3) is 0 Å². The average molecular weight is 317 g/mol. The van der Waals surface area contributed by atoms with E-state index in [0.29, 0.717) is 18.8 Å². The molecule has 0 radical (unpaired) electrons. The van der Waals surface area contributed by atoms with Crippen molar-refractivity contribution in [2.24, 2.45) is 0 Å². The molecule has 124 valence electrons. The van der Waals surface area contributed by atoms with Gasteiger partial charge in [0, 0.05) is 12.2 Å². The molecule has 6 heteroatoms. The van der Waals surface area contributed by atoms with Crippen LogP contribution >= 0.6 is 0 Å². The van der Waals surface area contributed by atoms with Gasteiger partial charge in [0.2, 0.25) is 0 Å². The number of benzene rings is 1. The fourth-order valence-electron chi connectivity index (χ4n) is 2.69. The first kappa shape index (κ1) is 16.5. The molecule has 0 bridgehead atoms. The van der Waals surface area contributed by atoms with E-state index in [1.54, 1.807) is 0 Å². The van der Waals surface area contributed by atoms with Crippen molar-refractivity contribution in [3.8, 4) is 0 Å². The Balaban J connectivity index is 1.67. The van der Waals surface area contributed by atoms with Crippen LogP contribution in [0.1, 0.15) is 44.5 Å². The lowest BCUT2D eigenvalue weighted by atomic mass is 9.79. The van der Waals surface area contributed by atoms with Crippen molar-refractivity contribution in [2.45, 2.75) is 51.4 Å². The molecule has 1 aromatic rings. The fraction of sp³-hybridized carbons (Fsp3) is 0.588. The van der Waals surface area contributed by atoms with Crippen LogP contribution in [0.15, 0.2) is 24.3 Å². The van der Waals surface area contributed by atoms with Crippen molar-refractivity contribution in [1.82, 2.24) is 5.32 Å². The predicted octanol–water partition coefficient (Wildman–Crippen LogP) is 1.50. The number of carbonyl (C=O) groups excluding carboxylic acids is 1. The molecule has 2 fully saturated rings. The summed E-state index contributed by atoms with van der Waals surface area (Å²) in [5.41, 5.74) is 0.827. The van der Waals surface area contributed by atoms with Gasteiger partial charge in [0.1, 0.15) is 0 Å². The van der Waals surface area contributed by atoms with Gasteiger partial charge < -0.3 is 19.4 Å². The Morgan fingerprint density at radius 3 is 2.26 bits per heavy atom. The molecule has 3 rings (SSSR count). The quantitative estimate of drug-likeness (QED) is 0.859. The van der Waals surface area contributed by atoms with Crippen LogP contribution in [0.2, 0.25) is 0 Å². The number of rotatable bonds is 3. The number of nitrogens with one attached hydrogen (secondary N) is 1. The maximum absolute atomic E-state index is 12.2. The van der Waals surface area contributed by atoms with Crippen LogP contribution in [-0.4, -0.2) is 43.5 Å². The van der Waals surface area contributed by atoms with E-state index < -0.39 is 7.12 Å². The largest absolute Gasteiger partial charge is 0.494 e. The van der Waals surface area contributed by atoms with Gasteiger partial charge in [-0.2, -0.15) is 0 Å². The van der Waals surface area contributed by atoms with Crippen LogP contribution < -0.4 is 10.8 Å². The summed E-state index contributed by atoms with van der Waals surface area (Å²) in [6, 6.07) is 7.52. The summed E-state index contributed by atoms with van der Waals surface area (Å²) in [5, 5.41) is 2.98. The minimum Gasteiger partial charge on any atom is -0.399 e. The van der Waals surface area contributed by atoms with Crippen molar-refractivity contribution >= 4 is 18.5 Å². The molecular weight excluding hydrogens is 293 g/mol. The highest BCUT2D eigenvalue weighted by Gasteiger charge is 2.51. The first-order valence-electron chi connectivity index (χ1n) is 8.13. The van der Waals surface area contributed by atoms with Gasteiger partial charge >= 0.3 is 7.12 Å². The lowest BCUT2D eigenvalue weighted by Gasteiger charge is -2.32. The molecule has 0 aromatic heterocycles. The second-order valence-electron chi connectivity index (χ2n) is 7.24. The lowest BCUT2D eigenvalue weighted by Crippen LogP contribution is -2.41. The summed E-state index contributed by atoms with van der Waals surface area (Å²) < 4.78 is 17.3. The van der Waals surface area contributed by atoms with Crippen LogP contribution in [0.3, 0.4) is 0 Å². The van der Waals surface area contributed by atoms with E-state index in [1.807, 2.05) is 52.0 Å². The van der Waals surface area contributed by atoms with E-state index in [9.17, 15) is 4.79 Å². The minimum atomic E-state index is -0.402. The third-order valence-corrected chi connectivity index (χ3v) is 4.96. The van der Waals surface area contributed by atoms with Crippen LogP contribution in [-0.2, 0) is 14.0 Å². The highest BCUT2D eigenvalue weighted by atomic mass is 16.7. The van der Waals surface area contributed by atoms with E-state index >= 15 is 0 Å². The van der Waals surface area contributed by atoms with Gasteiger partial charge in [-0.05, 0) is 51.7 Å². The Bertz CT molecular complexity index is 563. The zero-order valence-corrected chi connectivity index (χ0v) is 14.2. The molecule has 5 nitrogen and oxygen atoms in total. The molecule has 0 spiro atoms. The standard InChI is InChI=1S/C17H24BNO4/c1-16(2)17(3,4)23-18(22-16)13-7-5-12(6-8-13)15(20)19-14-9-10-21-11-14/h5-8,14H,9-11H2,1-4H3,(H,19,20)/t14-/m1/s1. The molecule has 0 saturated carbocycles. The second kappa shape index (κ2) is 5.93. The molecular formula is C17H24BNO4. The lowest BCUT2D eigenvalue weighted by molar-refractivity contribution is 0.00578. The maximum Gasteiger partial charge on any atom is 0.494 e. The fourth-order valence-corrected chi connectivity index (χ4v) is 2.69. The van der Waals surface area contributed by atoms with Gasteiger partial charge in [0.15, 0.2) is 0 Å². The molecule has 23 heavy (non-hydrogen) atoms. The zero-order chi connectivity index (χ0) is 16.7. The van der Waals surface area contributed by atoms with Crippen molar-refractivity contribution in [1.29, 1.82) is 0 Å². The second-order valence-corrected chi connectivity index (χ2v) is 7.24. The highest BCUT2D eigenvalue weighted by molar-refractivity contribution is 6.62. The van der Waals surface area contributed by atoms with Gasteiger partial charge in [0.05, 0.1) is 23.9 Å². The van der Waals surface area contributed by atoms with Gasteiger partial charge in [0.25, 0.3) is 5.91 Å². The van der Waals surface area contributed by atoms with Gasteiger partial charge in [-0.15, -0.1) is 0 Å². The molecule has 2 aliphatic rings. The van der Waals surface area contributed by atoms with Crippen LogP contribution in [0.5, 0.6) is 0 Å². The molecule has 0 unspecified atom stereocenters. The summed E-state index contributed by atoms with van der Waals surface area (Å²) in [6.07, 6.45) is 0.873. The van der Waals surface area contributed by atoms with Crippen molar-refractivity contribution in [2.75, 3.05) is 13.2 Å². The summed E-state index contributed by atoms with van der Waals surface area (Å²) >= 11 is 0. The molecule has 1 N–H and O–H groups in total. The minimum absolute atomic E-state index is 0.0685. The van der Waals surface area contributed by atoms with E-state index in [1.165, 1.54) is 0 Å². The number of hydrogen-bond acceptors (Lipinski definition) is 4. The number of amides is 1. The van der Waals surface area contributed by atoms with Gasteiger partial charge in [-0.3, -0.25) is 4.79 Å². The Morgan fingerprint density at radius 2 is 1.74 bits per heavy atom. The third-order valence-electron chi connectivity index (χ3n) is 4.96. The Hall–Kier alpha value is -1.37. The van der Waals surface area contributed by atoms with Gasteiger partial charge in [-0.25, -0.2) is 0 Å². The summed E-state index contributed by atoms with van der Waals surface area (Å²) in [4.78, 5) is 12.2. The average Bonchev–Trinajstić information content (AvgIpc) is 3.05. The highest BCUT2D eigenvalue weighted by Crippen LogP contribution is 2.36. The summed E-state index contributed by atoms with van der Waals surface area (Å²) in [7, 11) is -0.402. The van der Waals surface area contributed by atoms with Crippen LogP contribution in [0, 0.1) is 0 Å². The number of ether oxygens (including phenoxy) is 1. The molecule has 2 saturated heterocycles. The van der Waals surface area contributed by atoms with E-state index in [-0.39, 0.29) is 23.2 Å². The number of carbonyl (C=O) groups is 1. The molecule has 1 amide bonds. The zero-order valence-electron chi connectivity index (χ0n) is 14.2.